The summed E-state index contributed by atoms with van der Waals surface area (Å²) in [4.78, 5) is 26.2. The lowest BCUT2D eigenvalue weighted by atomic mass is 10.1. The summed E-state index contributed by atoms with van der Waals surface area (Å²) in [5, 5.41) is 12.7. The predicted molar refractivity (Wildman–Crippen MR) is 152 cm³/mol. The van der Waals surface area contributed by atoms with Crippen LogP contribution in [0, 0.1) is 0 Å². The van der Waals surface area contributed by atoms with Gasteiger partial charge in [0.1, 0.15) is 0 Å². The average molecular weight is 507 g/mol. The minimum Gasteiger partial charge on any atom is -0.397 e. The van der Waals surface area contributed by atoms with Gasteiger partial charge in [0.2, 0.25) is 17.8 Å². The first kappa shape index (κ1) is 24.8. The fraction of sp³-hybridized carbons (Fsp3) is 0.172. The number of nitrogens with two attached hydrogens (primary N) is 1. The second-order valence-electron chi connectivity index (χ2n) is 9.09. The van der Waals surface area contributed by atoms with Gasteiger partial charge in [-0.2, -0.15) is 15.0 Å². The van der Waals surface area contributed by atoms with E-state index >= 15 is 0 Å². The van der Waals surface area contributed by atoms with Crippen molar-refractivity contribution < 1.29 is 4.79 Å². The maximum atomic E-state index is 12.6. The second kappa shape index (κ2) is 11.4. The van der Waals surface area contributed by atoms with Crippen LogP contribution < -0.4 is 27.0 Å². The lowest BCUT2D eigenvalue weighted by molar-refractivity contribution is 0.102. The summed E-state index contributed by atoms with van der Waals surface area (Å²) in [6.45, 7) is 4.77. The lowest BCUT2D eigenvalue weighted by Crippen LogP contribution is -2.22. The van der Waals surface area contributed by atoms with Crippen molar-refractivity contribution in [2.75, 3.05) is 33.5 Å². The number of amides is 1. The second-order valence-corrected chi connectivity index (χ2v) is 9.09. The molecule has 1 aliphatic carbocycles. The first-order valence-corrected chi connectivity index (χ1v) is 12.5. The van der Waals surface area contributed by atoms with Gasteiger partial charge in [0.25, 0.3) is 5.91 Å². The molecule has 0 saturated carbocycles. The maximum Gasteiger partial charge on any atom is 0.255 e. The Morgan fingerprint density at radius 3 is 2.18 bits per heavy atom. The van der Waals surface area contributed by atoms with E-state index < -0.39 is 0 Å². The molecule has 0 unspecified atom stereocenters. The van der Waals surface area contributed by atoms with Crippen LogP contribution in [0.5, 0.6) is 0 Å². The first-order chi connectivity index (χ1) is 18.6. The van der Waals surface area contributed by atoms with E-state index in [0.717, 1.165) is 18.4 Å². The van der Waals surface area contributed by atoms with Crippen LogP contribution in [0.2, 0.25) is 0 Å². The van der Waals surface area contributed by atoms with Crippen LogP contribution in [0.15, 0.2) is 85.5 Å². The number of nitrogens with one attached hydrogen (secondary N) is 4. The van der Waals surface area contributed by atoms with Gasteiger partial charge in [-0.3, -0.25) is 4.79 Å². The molecule has 192 valence electrons. The number of aromatic nitrogens is 3. The minimum atomic E-state index is -0.220. The monoisotopic (exact) mass is 506 g/mol. The van der Waals surface area contributed by atoms with E-state index in [9.17, 15) is 4.79 Å². The molecule has 0 spiro atoms. The summed E-state index contributed by atoms with van der Waals surface area (Å²) in [6.07, 6.45) is 3.61. The van der Waals surface area contributed by atoms with Crippen molar-refractivity contribution >= 4 is 35.1 Å². The Hall–Kier alpha value is -4.92. The summed E-state index contributed by atoms with van der Waals surface area (Å²) >= 11 is 0. The van der Waals surface area contributed by atoms with E-state index in [1.165, 1.54) is 11.1 Å². The Kier molecular flexibility index (Phi) is 7.44. The molecule has 0 saturated heterocycles. The number of benzene rings is 3. The normalized spacial score (nSPS) is 12.4. The van der Waals surface area contributed by atoms with Crippen molar-refractivity contribution in [1.29, 1.82) is 0 Å². The Bertz CT molecular complexity index is 1410. The van der Waals surface area contributed by atoms with E-state index in [1.807, 2.05) is 24.3 Å². The van der Waals surface area contributed by atoms with Crippen LogP contribution in [0.25, 0.3) is 0 Å². The van der Waals surface area contributed by atoms with Gasteiger partial charge < -0.3 is 27.0 Å². The highest BCUT2D eigenvalue weighted by Gasteiger charge is 2.22. The average Bonchev–Trinajstić information content (AvgIpc) is 3.34. The van der Waals surface area contributed by atoms with E-state index in [4.69, 9.17) is 5.73 Å². The Morgan fingerprint density at radius 2 is 1.50 bits per heavy atom. The van der Waals surface area contributed by atoms with Gasteiger partial charge in [0.15, 0.2) is 0 Å². The van der Waals surface area contributed by atoms with Crippen LogP contribution in [0.3, 0.4) is 0 Å². The highest BCUT2D eigenvalue weighted by molar-refractivity contribution is 6.05. The third-order valence-electron chi connectivity index (χ3n) is 6.30. The van der Waals surface area contributed by atoms with Crippen LogP contribution >= 0.6 is 0 Å². The van der Waals surface area contributed by atoms with Gasteiger partial charge >= 0.3 is 0 Å². The van der Waals surface area contributed by atoms with Crippen molar-refractivity contribution in [3.63, 3.8) is 0 Å². The molecule has 0 atom stereocenters. The smallest absolute Gasteiger partial charge is 0.255 e. The number of rotatable bonds is 10. The maximum absolute atomic E-state index is 12.6. The zero-order valence-electron chi connectivity index (χ0n) is 20.9. The third kappa shape index (κ3) is 6.07. The number of anilines is 5. The molecule has 9 nitrogen and oxygen atoms in total. The van der Waals surface area contributed by atoms with Crippen molar-refractivity contribution in [2.45, 2.75) is 25.4 Å². The Balaban J connectivity index is 1.23. The molecule has 4 aromatic rings. The largest absolute Gasteiger partial charge is 0.397 e. The molecule has 9 heteroatoms. The number of nitrogens with zero attached hydrogens (tertiary/aromatic N) is 3. The molecule has 5 rings (SSSR count). The first-order valence-electron chi connectivity index (χ1n) is 12.5. The van der Waals surface area contributed by atoms with E-state index in [1.54, 1.807) is 30.3 Å². The molecular formula is C29H30N8O. The fourth-order valence-corrected chi connectivity index (χ4v) is 4.37. The number of hydrogen-bond donors (Lipinski definition) is 5. The van der Waals surface area contributed by atoms with Gasteiger partial charge in [-0.15, -0.1) is 6.58 Å². The van der Waals surface area contributed by atoms with E-state index in [2.05, 4.69) is 67.1 Å². The standard InChI is InChI=1S/C29H30N8O/c1-2-15-31-27-35-28(37-29(36-27)33-23-16-21-7-3-4-8-22(21)17-23)32-18-19-11-13-20(14-12-19)26(38)34-25-10-6-5-9-24(25)30/h2-14,23H,1,15-18,30H2,(H,34,38)(H3,31,32,33,35,36,37). The Morgan fingerprint density at radius 1 is 0.868 bits per heavy atom. The zero-order valence-corrected chi connectivity index (χ0v) is 20.9. The SMILES string of the molecule is C=CCNc1nc(NCc2ccc(C(=O)Nc3ccccc3N)cc2)nc(NC2Cc3ccccc3C2)n1. The van der Waals surface area contributed by atoms with Gasteiger partial charge in [-0.25, -0.2) is 0 Å². The highest BCUT2D eigenvalue weighted by Crippen LogP contribution is 2.24. The molecule has 1 aromatic heterocycles. The van der Waals surface area contributed by atoms with E-state index in [0.29, 0.717) is 47.9 Å². The molecule has 1 heterocycles. The van der Waals surface area contributed by atoms with Gasteiger partial charge in [-0.1, -0.05) is 54.6 Å². The number of fused-ring (bicyclic) bond motifs is 1. The van der Waals surface area contributed by atoms with Gasteiger partial charge in [0, 0.05) is 24.7 Å². The van der Waals surface area contributed by atoms with Crippen molar-refractivity contribution in [1.82, 2.24) is 15.0 Å². The van der Waals surface area contributed by atoms with Crippen molar-refractivity contribution in [3.05, 3.63) is 108 Å². The molecule has 0 aliphatic heterocycles. The summed E-state index contributed by atoms with van der Waals surface area (Å²) in [6, 6.07) is 23.2. The highest BCUT2D eigenvalue weighted by atomic mass is 16.1. The van der Waals surface area contributed by atoms with Crippen molar-refractivity contribution in [3.8, 4) is 0 Å². The Labute approximate surface area is 221 Å². The van der Waals surface area contributed by atoms with Crippen LogP contribution in [-0.2, 0) is 19.4 Å². The predicted octanol–water partition coefficient (Wildman–Crippen LogP) is 4.50. The van der Waals surface area contributed by atoms with E-state index in [-0.39, 0.29) is 11.9 Å². The van der Waals surface area contributed by atoms with Gasteiger partial charge in [-0.05, 0) is 53.8 Å². The number of carbonyl (C=O) groups excluding carboxylic acids is 1. The summed E-state index contributed by atoms with van der Waals surface area (Å²) in [5.74, 6) is 1.21. The summed E-state index contributed by atoms with van der Waals surface area (Å²) < 4.78 is 0. The fourth-order valence-electron chi connectivity index (χ4n) is 4.37. The van der Waals surface area contributed by atoms with Crippen molar-refractivity contribution in [2.24, 2.45) is 0 Å². The molecule has 0 bridgehead atoms. The molecule has 1 amide bonds. The minimum absolute atomic E-state index is 0.220. The molecule has 0 fully saturated rings. The summed E-state index contributed by atoms with van der Waals surface area (Å²) in [7, 11) is 0. The quantitative estimate of drug-likeness (QED) is 0.157. The van der Waals surface area contributed by atoms with Crippen LogP contribution in [-0.4, -0.2) is 33.4 Å². The molecule has 0 radical (unpaired) electrons. The van der Waals surface area contributed by atoms with Crippen LogP contribution in [0.1, 0.15) is 27.0 Å². The number of hydrogen-bond acceptors (Lipinski definition) is 8. The topological polar surface area (TPSA) is 130 Å². The molecule has 1 aliphatic rings. The number of carbonyl (C=O) groups is 1. The summed E-state index contributed by atoms with van der Waals surface area (Å²) in [5.41, 5.74) is 11.3. The lowest BCUT2D eigenvalue weighted by Gasteiger charge is -2.14. The molecule has 6 N–H and O–H groups in total. The number of para-hydroxylation sites is 2. The van der Waals surface area contributed by atoms with Crippen LogP contribution in [0.4, 0.5) is 29.2 Å². The molecule has 3 aromatic carbocycles. The van der Waals surface area contributed by atoms with Gasteiger partial charge in [0.05, 0.1) is 11.4 Å². The number of nitrogen functional groups attached to an aromatic ring is 1. The molecule has 38 heavy (non-hydrogen) atoms. The zero-order chi connectivity index (χ0) is 26.3. The molecular weight excluding hydrogens is 476 g/mol. The third-order valence-corrected chi connectivity index (χ3v) is 6.30.